The standard InChI is InChI=1S/C24H28F4N2O3S/c25-22-3-1-2-4-23(22)33-21-11-13-29(14-12-21)20-9-15-30(16-10-20)34(31,32)17-18-5-7-19(8-6-18)24(26,27)28/h1-8,20-21H,9-17H2. The van der Waals surface area contributed by atoms with Crippen molar-refractivity contribution in [1.29, 1.82) is 0 Å². The van der Waals surface area contributed by atoms with Crippen LogP contribution in [0.1, 0.15) is 36.8 Å². The highest BCUT2D eigenvalue weighted by molar-refractivity contribution is 7.88. The Morgan fingerprint density at radius 1 is 0.882 bits per heavy atom. The van der Waals surface area contributed by atoms with E-state index in [-0.39, 0.29) is 29.5 Å². The monoisotopic (exact) mass is 500 g/mol. The second-order valence-corrected chi connectivity index (χ2v) is 10.8. The maximum atomic E-state index is 13.8. The fraction of sp³-hybridized carbons (Fsp3) is 0.500. The summed E-state index contributed by atoms with van der Waals surface area (Å²) in [6.07, 6.45) is -1.53. The summed E-state index contributed by atoms with van der Waals surface area (Å²) in [5.74, 6) is -0.406. The van der Waals surface area contributed by atoms with E-state index in [1.54, 1.807) is 18.2 Å². The third-order valence-corrected chi connectivity index (χ3v) is 8.42. The van der Waals surface area contributed by atoms with Crippen molar-refractivity contribution in [2.75, 3.05) is 26.2 Å². The van der Waals surface area contributed by atoms with Crippen LogP contribution in [0.15, 0.2) is 48.5 Å². The SMILES string of the molecule is O=S(=O)(Cc1ccc(C(F)(F)F)cc1)N1CCC(N2CCC(Oc3ccccc3F)CC2)CC1. The van der Waals surface area contributed by atoms with Crippen LogP contribution >= 0.6 is 0 Å². The van der Waals surface area contributed by atoms with Crippen LogP contribution in [-0.4, -0.2) is 55.9 Å². The summed E-state index contributed by atoms with van der Waals surface area (Å²) >= 11 is 0. The highest BCUT2D eigenvalue weighted by atomic mass is 32.2. The van der Waals surface area contributed by atoms with E-state index in [0.717, 1.165) is 38.1 Å². The summed E-state index contributed by atoms with van der Waals surface area (Å²) in [4.78, 5) is 2.35. The van der Waals surface area contributed by atoms with E-state index in [2.05, 4.69) is 4.90 Å². The third kappa shape index (κ3) is 6.09. The molecular weight excluding hydrogens is 472 g/mol. The lowest BCUT2D eigenvalue weighted by molar-refractivity contribution is -0.137. The number of para-hydroxylation sites is 1. The summed E-state index contributed by atoms with van der Waals surface area (Å²) in [6, 6.07) is 10.9. The Balaban J connectivity index is 1.25. The third-order valence-electron chi connectivity index (χ3n) is 6.57. The second kappa shape index (κ2) is 10.2. The van der Waals surface area contributed by atoms with Gasteiger partial charge in [0, 0.05) is 32.2 Å². The molecule has 5 nitrogen and oxygen atoms in total. The lowest BCUT2D eigenvalue weighted by Crippen LogP contribution is -2.50. The van der Waals surface area contributed by atoms with Gasteiger partial charge < -0.3 is 9.64 Å². The molecule has 10 heteroatoms. The van der Waals surface area contributed by atoms with E-state index in [4.69, 9.17) is 4.74 Å². The Labute approximate surface area is 197 Å². The van der Waals surface area contributed by atoms with Crippen LogP contribution in [0, 0.1) is 5.82 Å². The quantitative estimate of drug-likeness (QED) is 0.541. The number of rotatable bonds is 6. The predicted molar refractivity (Wildman–Crippen MR) is 120 cm³/mol. The average molecular weight is 501 g/mol. The highest BCUT2D eigenvalue weighted by Gasteiger charge is 2.33. The molecule has 0 aromatic heterocycles. The number of piperidine rings is 2. The molecule has 2 heterocycles. The van der Waals surface area contributed by atoms with Crippen LogP contribution in [0.25, 0.3) is 0 Å². The van der Waals surface area contributed by atoms with Gasteiger partial charge in [-0.25, -0.2) is 17.1 Å². The molecule has 0 saturated carbocycles. The Morgan fingerprint density at radius 3 is 2.09 bits per heavy atom. The van der Waals surface area contributed by atoms with Gasteiger partial charge in [0.1, 0.15) is 6.10 Å². The number of alkyl halides is 3. The van der Waals surface area contributed by atoms with Crippen molar-refractivity contribution < 1.29 is 30.7 Å². The number of hydrogen-bond donors (Lipinski definition) is 0. The second-order valence-electron chi connectivity index (χ2n) is 8.86. The first-order chi connectivity index (χ1) is 16.1. The Kier molecular flexibility index (Phi) is 7.49. The molecule has 0 aliphatic carbocycles. The minimum absolute atomic E-state index is 0.0441. The molecule has 0 unspecified atom stereocenters. The molecule has 0 bridgehead atoms. The number of hydrogen-bond acceptors (Lipinski definition) is 4. The molecule has 0 amide bonds. The maximum Gasteiger partial charge on any atom is 0.416 e. The molecule has 2 fully saturated rings. The number of sulfonamides is 1. The molecule has 2 aromatic rings. The number of halogens is 4. The van der Waals surface area contributed by atoms with Crippen molar-refractivity contribution >= 4 is 10.0 Å². The summed E-state index contributed by atoms with van der Waals surface area (Å²) in [5.41, 5.74) is -0.454. The normalized spacial score (nSPS) is 19.9. The summed E-state index contributed by atoms with van der Waals surface area (Å²) in [5, 5.41) is 0. The van der Waals surface area contributed by atoms with Crippen LogP contribution in [-0.2, 0) is 22.0 Å². The van der Waals surface area contributed by atoms with Gasteiger partial charge in [-0.3, -0.25) is 0 Å². The van der Waals surface area contributed by atoms with Gasteiger partial charge in [0.25, 0.3) is 0 Å². The molecule has 34 heavy (non-hydrogen) atoms. The van der Waals surface area contributed by atoms with Crippen molar-refractivity contribution in [3.8, 4) is 5.75 Å². The Bertz CT molecular complexity index is 1060. The van der Waals surface area contributed by atoms with E-state index in [1.807, 2.05) is 0 Å². The van der Waals surface area contributed by atoms with Crippen molar-refractivity contribution in [3.63, 3.8) is 0 Å². The largest absolute Gasteiger partial charge is 0.487 e. The molecule has 0 atom stereocenters. The van der Waals surface area contributed by atoms with Crippen LogP contribution in [0.4, 0.5) is 17.6 Å². The van der Waals surface area contributed by atoms with Crippen LogP contribution in [0.2, 0.25) is 0 Å². The Hall–Kier alpha value is -2.17. The minimum atomic E-state index is -4.45. The van der Waals surface area contributed by atoms with Crippen molar-refractivity contribution in [2.45, 2.75) is 49.8 Å². The van der Waals surface area contributed by atoms with E-state index in [1.165, 1.54) is 22.5 Å². The first kappa shape index (κ1) is 24.9. The average Bonchev–Trinajstić information content (AvgIpc) is 2.81. The fourth-order valence-corrected chi connectivity index (χ4v) is 6.22. The number of benzene rings is 2. The molecule has 0 N–H and O–H groups in total. The maximum absolute atomic E-state index is 13.8. The summed E-state index contributed by atoms with van der Waals surface area (Å²) in [6.45, 7) is 2.39. The summed E-state index contributed by atoms with van der Waals surface area (Å²) < 4.78 is 84.8. The van der Waals surface area contributed by atoms with E-state index in [0.29, 0.717) is 31.5 Å². The molecule has 2 aromatic carbocycles. The van der Waals surface area contributed by atoms with Crippen LogP contribution in [0.3, 0.4) is 0 Å². The predicted octanol–water partition coefficient (Wildman–Crippen LogP) is 4.68. The minimum Gasteiger partial charge on any atom is -0.487 e. The zero-order valence-electron chi connectivity index (χ0n) is 18.7. The smallest absolute Gasteiger partial charge is 0.416 e. The molecule has 4 rings (SSSR count). The molecule has 2 aliphatic rings. The van der Waals surface area contributed by atoms with Gasteiger partial charge in [-0.05, 0) is 55.5 Å². The van der Waals surface area contributed by atoms with E-state index < -0.39 is 21.8 Å². The van der Waals surface area contributed by atoms with Gasteiger partial charge in [0.2, 0.25) is 10.0 Å². The zero-order chi connectivity index (χ0) is 24.3. The van der Waals surface area contributed by atoms with Crippen molar-refractivity contribution in [1.82, 2.24) is 9.21 Å². The topological polar surface area (TPSA) is 49.9 Å². The lowest BCUT2D eigenvalue weighted by atomic mass is 10.00. The zero-order valence-corrected chi connectivity index (χ0v) is 19.5. The van der Waals surface area contributed by atoms with Gasteiger partial charge in [0.05, 0.1) is 11.3 Å². The Morgan fingerprint density at radius 2 is 1.50 bits per heavy atom. The van der Waals surface area contributed by atoms with E-state index >= 15 is 0 Å². The van der Waals surface area contributed by atoms with Gasteiger partial charge in [0.15, 0.2) is 11.6 Å². The molecule has 0 spiro atoms. The van der Waals surface area contributed by atoms with Gasteiger partial charge in [-0.1, -0.05) is 24.3 Å². The van der Waals surface area contributed by atoms with Crippen LogP contribution in [0.5, 0.6) is 5.75 Å². The molecular formula is C24H28F4N2O3S. The highest BCUT2D eigenvalue weighted by Crippen LogP contribution is 2.30. The fourth-order valence-electron chi connectivity index (χ4n) is 4.66. The molecule has 2 aliphatic heterocycles. The lowest BCUT2D eigenvalue weighted by Gasteiger charge is -2.41. The number of ether oxygens (including phenoxy) is 1. The van der Waals surface area contributed by atoms with Crippen molar-refractivity contribution in [2.24, 2.45) is 0 Å². The van der Waals surface area contributed by atoms with Gasteiger partial charge >= 0.3 is 6.18 Å². The molecule has 186 valence electrons. The molecule has 2 saturated heterocycles. The number of likely N-dealkylation sites (tertiary alicyclic amines) is 1. The first-order valence-corrected chi connectivity index (χ1v) is 13.0. The number of nitrogens with zero attached hydrogens (tertiary/aromatic N) is 2. The first-order valence-electron chi connectivity index (χ1n) is 11.4. The van der Waals surface area contributed by atoms with Gasteiger partial charge in [-0.2, -0.15) is 13.2 Å². The summed E-state index contributed by atoms with van der Waals surface area (Å²) in [7, 11) is -3.61. The van der Waals surface area contributed by atoms with E-state index in [9.17, 15) is 26.0 Å². The molecule has 0 radical (unpaired) electrons. The van der Waals surface area contributed by atoms with Crippen LogP contribution < -0.4 is 4.74 Å². The van der Waals surface area contributed by atoms with Gasteiger partial charge in [-0.15, -0.1) is 0 Å². The van der Waals surface area contributed by atoms with Crippen molar-refractivity contribution in [3.05, 3.63) is 65.5 Å².